The van der Waals surface area contributed by atoms with Gasteiger partial charge in [-0.1, -0.05) is 42.5 Å². The second-order valence-corrected chi connectivity index (χ2v) is 7.03. The first kappa shape index (κ1) is 17.7. The quantitative estimate of drug-likeness (QED) is 0.671. The fraction of sp³-hybridized carbons (Fsp3) is 0.238. The van der Waals surface area contributed by atoms with Gasteiger partial charge in [0.25, 0.3) is 0 Å². The van der Waals surface area contributed by atoms with Crippen LogP contribution in [0.15, 0.2) is 60.7 Å². The first-order chi connectivity index (χ1) is 12.4. The molecule has 1 aromatic heterocycles. The van der Waals surface area contributed by atoms with Crippen LogP contribution in [0.4, 0.5) is 17.5 Å². The third kappa shape index (κ3) is 4.51. The van der Waals surface area contributed by atoms with E-state index in [4.69, 9.17) is 4.74 Å². The minimum absolute atomic E-state index is 0.142. The van der Waals surface area contributed by atoms with Crippen LogP contribution in [0.25, 0.3) is 11.3 Å². The van der Waals surface area contributed by atoms with E-state index in [2.05, 4.69) is 41.4 Å². The van der Waals surface area contributed by atoms with Crippen molar-refractivity contribution in [1.82, 2.24) is 9.97 Å². The molecule has 26 heavy (non-hydrogen) atoms. The van der Waals surface area contributed by atoms with Gasteiger partial charge in [-0.25, -0.2) is 4.98 Å². The van der Waals surface area contributed by atoms with E-state index >= 15 is 0 Å². The molecule has 3 aromatic rings. The molecule has 2 aromatic carbocycles. The first-order valence-electron chi connectivity index (χ1n) is 8.57. The summed E-state index contributed by atoms with van der Waals surface area (Å²) in [5.41, 5.74) is 2.60. The van der Waals surface area contributed by atoms with Crippen LogP contribution in [0.5, 0.6) is 5.75 Å². The van der Waals surface area contributed by atoms with Crippen LogP contribution in [0.2, 0.25) is 0 Å². The number of nitrogens with zero attached hydrogens (tertiary/aromatic N) is 2. The highest BCUT2D eigenvalue weighted by Crippen LogP contribution is 2.29. The molecule has 2 N–H and O–H groups in total. The molecule has 3 rings (SSSR count). The Morgan fingerprint density at radius 1 is 0.885 bits per heavy atom. The Morgan fingerprint density at radius 3 is 2.27 bits per heavy atom. The molecule has 0 saturated carbocycles. The van der Waals surface area contributed by atoms with Crippen molar-refractivity contribution >= 4 is 17.5 Å². The zero-order valence-electron chi connectivity index (χ0n) is 15.6. The molecule has 0 aliphatic carbocycles. The molecular formula is C21H24N4O. The molecule has 134 valence electrons. The summed E-state index contributed by atoms with van der Waals surface area (Å²) in [6.45, 7) is 6.25. The van der Waals surface area contributed by atoms with Crippen molar-refractivity contribution in [2.75, 3.05) is 17.7 Å². The van der Waals surface area contributed by atoms with Crippen molar-refractivity contribution in [3.05, 3.63) is 60.7 Å². The molecular weight excluding hydrogens is 324 g/mol. The molecule has 5 nitrogen and oxygen atoms in total. The minimum Gasteiger partial charge on any atom is -0.495 e. The summed E-state index contributed by atoms with van der Waals surface area (Å²) in [4.78, 5) is 9.31. The van der Waals surface area contributed by atoms with E-state index in [-0.39, 0.29) is 5.54 Å². The normalized spacial score (nSPS) is 11.1. The number of aromatic nitrogens is 2. The summed E-state index contributed by atoms with van der Waals surface area (Å²) in [7, 11) is 1.66. The van der Waals surface area contributed by atoms with Crippen LogP contribution in [0.3, 0.4) is 0 Å². The number of nitrogens with one attached hydrogen (secondary N) is 2. The van der Waals surface area contributed by atoms with Gasteiger partial charge in [0.15, 0.2) is 0 Å². The number of para-hydroxylation sites is 2. The Labute approximate surface area is 154 Å². The summed E-state index contributed by atoms with van der Waals surface area (Å²) in [5.74, 6) is 2.05. The largest absolute Gasteiger partial charge is 0.495 e. The van der Waals surface area contributed by atoms with Crippen molar-refractivity contribution in [2.45, 2.75) is 26.3 Å². The minimum atomic E-state index is -0.142. The van der Waals surface area contributed by atoms with E-state index in [1.807, 2.05) is 60.7 Å². The number of ether oxygens (including phenoxy) is 1. The van der Waals surface area contributed by atoms with Crippen LogP contribution in [-0.2, 0) is 0 Å². The van der Waals surface area contributed by atoms with Gasteiger partial charge in [-0.15, -0.1) is 0 Å². The number of hydrogen-bond donors (Lipinski definition) is 2. The second kappa shape index (κ2) is 7.44. The maximum absolute atomic E-state index is 5.42. The third-order valence-electron chi connectivity index (χ3n) is 3.65. The predicted molar refractivity (Wildman–Crippen MR) is 107 cm³/mol. The van der Waals surface area contributed by atoms with Crippen LogP contribution in [-0.4, -0.2) is 22.6 Å². The lowest BCUT2D eigenvalue weighted by molar-refractivity contribution is 0.417. The average molecular weight is 348 g/mol. The summed E-state index contributed by atoms with van der Waals surface area (Å²) in [6, 6.07) is 19.8. The highest BCUT2D eigenvalue weighted by molar-refractivity contribution is 5.70. The van der Waals surface area contributed by atoms with Gasteiger partial charge in [0.1, 0.15) is 11.6 Å². The number of benzene rings is 2. The molecule has 5 heteroatoms. The van der Waals surface area contributed by atoms with Gasteiger partial charge in [0, 0.05) is 17.2 Å². The SMILES string of the molecule is COc1ccccc1Nc1cc(-c2ccccc2)nc(NC(C)(C)C)n1. The van der Waals surface area contributed by atoms with E-state index in [1.54, 1.807) is 7.11 Å². The number of rotatable bonds is 5. The van der Waals surface area contributed by atoms with Crippen molar-refractivity contribution in [1.29, 1.82) is 0 Å². The van der Waals surface area contributed by atoms with Crippen molar-refractivity contribution in [3.8, 4) is 17.0 Å². The van der Waals surface area contributed by atoms with Gasteiger partial charge in [-0.05, 0) is 32.9 Å². The zero-order valence-corrected chi connectivity index (χ0v) is 15.6. The van der Waals surface area contributed by atoms with Crippen LogP contribution < -0.4 is 15.4 Å². The van der Waals surface area contributed by atoms with Crippen LogP contribution >= 0.6 is 0 Å². The first-order valence-corrected chi connectivity index (χ1v) is 8.57. The summed E-state index contributed by atoms with van der Waals surface area (Å²) in [5, 5.41) is 6.70. The van der Waals surface area contributed by atoms with Crippen molar-refractivity contribution in [3.63, 3.8) is 0 Å². The summed E-state index contributed by atoms with van der Waals surface area (Å²) < 4.78 is 5.42. The maximum Gasteiger partial charge on any atom is 0.225 e. The lowest BCUT2D eigenvalue weighted by Crippen LogP contribution is -2.27. The van der Waals surface area contributed by atoms with Gasteiger partial charge < -0.3 is 15.4 Å². The molecule has 0 radical (unpaired) electrons. The van der Waals surface area contributed by atoms with E-state index in [9.17, 15) is 0 Å². The Bertz CT molecular complexity index is 873. The topological polar surface area (TPSA) is 59.1 Å². The fourth-order valence-corrected chi connectivity index (χ4v) is 2.55. The molecule has 1 heterocycles. The van der Waals surface area contributed by atoms with E-state index in [1.165, 1.54) is 0 Å². The zero-order chi connectivity index (χ0) is 18.6. The monoisotopic (exact) mass is 348 g/mol. The average Bonchev–Trinajstić information content (AvgIpc) is 2.61. The van der Waals surface area contributed by atoms with Gasteiger partial charge >= 0.3 is 0 Å². The Balaban J connectivity index is 2.02. The van der Waals surface area contributed by atoms with Crippen molar-refractivity contribution < 1.29 is 4.74 Å². The van der Waals surface area contributed by atoms with E-state index in [0.29, 0.717) is 11.8 Å². The van der Waals surface area contributed by atoms with E-state index < -0.39 is 0 Å². The molecule has 0 aliphatic rings. The molecule has 0 unspecified atom stereocenters. The smallest absolute Gasteiger partial charge is 0.225 e. The standard InChI is InChI=1S/C21H24N4O/c1-21(2,3)25-20-23-17(15-10-6-5-7-11-15)14-19(24-20)22-16-12-8-9-13-18(16)26-4/h5-14H,1-4H3,(H2,22,23,24,25). The number of anilines is 3. The highest BCUT2D eigenvalue weighted by atomic mass is 16.5. The van der Waals surface area contributed by atoms with Gasteiger partial charge in [0.05, 0.1) is 18.5 Å². The molecule has 0 saturated heterocycles. The third-order valence-corrected chi connectivity index (χ3v) is 3.65. The molecule has 0 fully saturated rings. The number of hydrogen-bond acceptors (Lipinski definition) is 5. The van der Waals surface area contributed by atoms with Crippen LogP contribution in [0, 0.1) is 0 Å². The van der Waals surface area contributed by atoms with Gasteiger partial charge in [-0.3, -0.25) is 0 Å². The number of methoxy groups -OCH3 is 1. The Hall–Kier alpha value is -3.08. The highest BCUT2D eigenvalue weighted by Gasteiger charge is 2.14. The predicted octanol–water partition coefficient (Wildman–Crippen LogP) is 5.11. The molecule has 0 aliphatic heterocycles. The molecule has 0 atom stereocenters. The van der Waals surface area contributed by atoms with Crippen LogP contribution in [0.1, 0.15) is 20.8 Å². The van der Waals surface area contributed by atoms with Crippen molar-refractivity contribution in [2.24, 2.45) is 0 Å². The lowest BCUT2D eigenvalue weighted by atomic mass is 10.1. The van der Waals surface area contributed by atoms with E-state index in [0.717, 1.165) is 22.7 Å². The molecule has 0 bridgehead atoms. The summed E-state index contributed by atoms with van der Waals surface area (Å²) in [6.07, 6.45) is 0. The van der Waals surface area contributed by atoms with Gasteiger partial charge in [-0.2, -0.15) is 4.98 Å². The lowest BCUT2D eigenvalue weighted by Gasteiger charge is -2.21. The molecule has 0 spiro atoms. The van der Waals surface area contributed by atoms with Gasteiger partial charge in [0.2, 0.25) is 5.95 Å². The summed E-state index contributed by atoms with van der Waals surface area (Å²) >= 11 is 0. The second-order valence-electron chi connectivity index (χ2n) is 7.03. The Morgan fingerprint density at radius 2 is 1.58 bits per heavy atom. The fourth-order valence-electron chi connectivity index (χ4n) is 2.55. The maximum atomic E-state index is 5.42. The Kier molecular flexibility index (Phi) is 5.07. The molecule has 0 amide bonds.